The minimum atomic E-state index is -1.81. The van der Waals surface area contributed by atoms with Crippen LogP contribution in [0.25, 0.3) is 0 Å². The van der Waals surface area contributed by atoms with Gasteiger partial charge in [-0.3, -0.25) is 20.2 Å². The summed E-state index contributed by atoms with van der Waals surface area (Å²) in [6, 6.07) is 3.27. The summed E-state index contributed by atoms with van der Waals surface area (Å²) in [5.74, 6) is -2.63. The van der Waals surface area contributed by atoms with E-state index in [1.54, 1.807) is 0 Å². The van der Waals surface area contributed by atoms with E-state index < -0.39 is 27.8 Å². The third kappa shape index (κ3) is 4.08. The van der Waals surface area contributed by atoms with Crippen molar-refractivity contribution in [3.8, 4) is 0 Å². The first-order chi connectivity index (χ1) is 10.3. The van der Waals surface area contributed by atoms with E-state index in [4.69, 9.17) is 0 Å². The minimum Gasteiger partial charge on any atom is -0.464 e. The molecule has 0 amide bonds. The van der Waals surface area contributed by atoms with E-state index in [9.17, 15) is 29.8 Å². The molecule has 2 unspecified atom stereocenters. The molecule has 1 rings (SSSR count). The normalized spacial score (nSPS) is 13.0. The topological polar surface area (TPSA) is 130 Å². The molecule has 9 nitrogen and oxygen atoms in total. The molecule has 9 heteroatoms. The molecule has 0 bridgehead atoms. The summed E-state index contributed by atoms with van der Waals surface area (Å²) >= 11 is 0. The van der Waals surface area contributed by atoms with Gasteiger partial charge in [-0.1, -0.05) is 12.1 Å². The molecule has 118 valence electrons. The van der Waals surface area contributed by atoms with Gasteiger partial charge in [-0.05, 0) is 12.5 Å². The summed E-state index contributed by atoms with van der Waals surface area (Å²) < 4.78 is 4.41. The van der Waals surface area contributed by atoms with E-state index in [2.05, 4.69) is 4.74 Å². The maximum atomic E-state index is 11.7. The minimum absolute atomic E-state index is 0.163. The molecule has 2 atom stereocenters. The lowest BCUT2D eigenvalue weighted by Gasteiger charge is -2.18. The number of ether oxygens (including phenoxy) is 1. The van der Waals surface area contributed by atoms with Gasteiger partial charge in [-0.2, -0.15) is 0 Å². The van der Waals surface area contributed by atoms with Gasteiger partial charge in [0.15, 0.2) is 0 Å². The van der Waals surface area contributed by atoms with Crippen LogP contribution in [0.1, 0.15) is 24.8 Å². The zero-order chi connectivity index (χ0) is 16.9. The first-order valence-corrected chi connectivity index (χ1v) is 6.23. The number of rotatable bonds is 7. The summed E-state index contributed by atoms with van der Waals surface area (Å²) in [5.41, 5.74) is -0.116. The largest absolute Gasteiger partial charge is 0.464 e. The van der Waals surface area contributed by atoms with Gasteiger partial charge in [0.2, 0.25) is 0 Å². The third-order valence-electron chi connectivity index (χ3n) is 3.07. The van der Waals surface area contributed by atoms with E-state index in [0.29, 0.717) is 0 Å². The number of carbonyl (C=O) groups is 2. The Bertz CT molecular complexity index is 614. The van der Waals surface area contributed by atoms with Gasteiger partial charge < -0.3 is 9.53 Å². The van der Waals surface area contributed by atoms with Gasteiger partial charge in [0, 0.05) is 23.5 Å². The summed E-state index contributed by atoms with van der Waals surface area (Å²) in [7, 11) is 0.997. The number of hydrogen-bond acceptors (Lipinski definition) is 7. The van der Waals surface area contributed by atoms with E-state index >= 15 is 0 Å². The molecule has 0 aromatic heterocycles. The predicted octanol–water partition coefficient (Wildman–Crippen LogP) is 1.48. The van der Waals surface area contributed by atoms with Crippen molar-refractivity contribution >= 4 is 17.4 Å². The SMILES string of the molecule is COC(=O)C(C(CC(C)=O)c1cccc([N+](=O)[O-])c1)[N+](=O)[O-]. The molecule has 0 fully saturated rings. The molecule has 1 aromatic rings. The molecule has 0 N–H and O–H groups in total. The van der Waals surface area contributed by atoms with Crippen LogP contribution in [0.2, 0.25) is 0 Å². The van der Waals surface area contributed by atoms with E-state index in [-0.39, 0.29) is 23.5 Å². The average molecular weight is 310 g/mol. The van der Waals surface area contributed by atoms with Gasteiger partial charge in [0.1, 0.15) is 5.78 Å². The van der Waals surface area contributed by atoms with E-state index in [1.165, 1.54) is 25.1 Å². The highest BCUT2D eigenvalue weighted by Crippen LogP contribution is 2.29. The number of Topliss-reactive ketones (excluding diaryl/α,β-unsaturated/α-hetero) is 1. The molecule has 0 aliphatic carbocycles. The molecular weight excluding hydrogens is 296 g/mol. The second-order valence-corrected chi connectivity index (χ2v) is 4.62. The number of esters is 1. The second kappa shape index (κ2) is 7.25. The Balaban J connectivity index is 3.35. The molecule has 0 saturated heterocycles. The molecule has 1 aromatic carbocycles. The predicted molar refractivity (Wildman–Crippen MR) is 73.9 cm³/mol. The maximum absolute atomic E-state index is 11.7. The van der Waals surface area contributed by atoms with Crippen LogP contribution in [0, 0.1) is 20.2 Å². The number of hydrogen-bond donors (Lipinski definition) is 0. The van der Waals surface area contributed by atoms with Gasteiger partial charge in [0.25, 0.3) is 5.69 Å². The van der Waals surface area contributed by atoms with Crippen molar-refractivity contribution in [3.05, 3.63) is 50.1 Å². The smallest absolute Gasteiger partial charge is 0.382 e. The number of carbonyl (C=O) groups excluding carboxylic acids is 2. The van der Waals surface area contributed by atoms with Crippen molar-refractivity contribution in [2.45, 2.75) is 25.3 Å². The zero-order valence-corrected chi connectivity index (χ0v) is 11.9. The fraction of sp³-hybridized carbons (Fsp3) is 0.385. The average Bonchev–Trinajstić information content (AvgIpc) is 2.45. The standard InChI is InChI=1S/C13H14N2O7/c1-8(16)6-11(12(15(20)21)13(17)22-2)9-4-3-5-10(7-9)14(18)19/h3-5,7,11-12H,6H2,1-2H3. The van der Waals surface area contributed by atoms with Crippen LogP contribution in [0.15, 0.2) is 24.3 Å². The number of nitro groups is 2. The van der Waals surface area contributed by atoms with Crippen molar-refractivity contribution in [2.75, 3.05) is 7.11 Å². The van der Waals surface area contributed by atoms with Gasteiger partial charge in [-0.25, -0.2) is 4.79 Å². The van der Waals surface area contributed by atoms with Gasteiger partial charge in [-0.15, -0.1) is 0 Å². The van der Waals surface area contributed by atoms with Crippen LogP contribution < -0.4 is 0 Å². The van der Waals surface area contributed by atoms with Crippen molar-refractivity contribution in [2.24, 2.45) is 0 Å². The monoisotopic (exact) mass is 310 g/mol. The number of nitro benzene ring substituents is 1. The van der Waals surface area contributed by atoms with Crippen molar-refractivity contribution in [1.82, 2.24) is 0 Å². The van der Waals surface area contributed by atoms with Crippen LogP contribution in [0.3, 0.4) is 0 Å². The fourth-order valence-electron chi connectivity index (χ4n) is 2.11. The first-order valence-electron chi connectivity index (χ1n) is 6.23. The molecule has 0 saturated carbocycles. The molecule has 0 heterocycles. The number of benzene rings is 1. The lowest BCUT2D eigenvalue weighted by molar-refractivity contribution is -0.514. The molecule has 0 aliphatic rings. The number of nitrogens with zero attached hydrogens (tertiary/aromatic N) is 2. The second-order valence-electron chi connectivity index (χ2n) is 4.62. The lowest BCUT2D eigenvalue weighted by Crippen LogP contribution is -2.37. The number of methoxy groups -OCH3 is 1. The van der Waals surface area contributed by atoms with Gasteiger partial charge >= 0.3 is 12.0 Å². The fourth-order valence-corrected chi connectivity index (χ4v) is 2.11. The van der Waals surface area contributed by atoms with E-state index in [1.807, 2.05) is 0 Å². The highest BCUT2D eigenvalue weighted by molar-refractivity contribution is 5.80. The van der Waals surface area contributed by atoms with Crippen LogP contribution in [0.4, 0.5) is 5.69 Å². The lowest BCUT2D eigenvalue weighted by atomic mass is 9.87. The van der Waals surface area contributed by atoms with Crippen LogP contribution in [0.5, 0.6) is 0 Å². The van der Waals surface area contributed by atoms with Crippen LogP contribution in [-0.2, 0) is 14.3 Å². The first kappa shape index (κ1) is 17.2. The Morgan fingerprint density at radius 3 is 2.36 bits per heavy atom. The third-order valence-corrected chi connectivity index (χ3v) is 3.07. The maximum Gasteiger partial charge on any atom is 0.382 e. The zero-order valence-electron chi connectivity index (χ0n) is 11.9. The highest BCUT2D eigenvalue weighted by Gasteiger charge is 2.41. The Hall–Kier alpha value is -2.84. The quantitative estimate of drug-likeness (QED) is 0.423. The summed E-state index contributed by atoms with van der Waals surface area (Å²) in [4.78, 5) is 43.5. The number of ketones is 1. The summed E-state index contributed by atoms with van der Waals surface area (Å²) in [5, 5.41) is 22.0. The summed E-state index contributed by atoms with van der Waals surface area (Å²) in [6.45, 7) is 1.22. The Labute approximate surface area is 125 Å². The molecular formula is C13H14N2O7. The highest BCUT2D eigenvalue weighted by atomic mass is 16.6. The van der Waals surface area contributed by atoms with Crippen molar-refractivity contribution < 1.29 is 24.2 Å². The molecule has 0 radical (unpaired) electrons. The van der Waals surface area contributed by atoms with Gasteiger partial charge in [0.05, 0.1) is 18.0 Å². The Morgan fingerprint density at radius 1 is 1.27 bits per heavy atom. The van der Waals surface area contributed by atoms with Crippen molar-refractivity contribution in [1.29, 1.82) is 0 Å². The van der Waals surface area contributed by atoms with Crippen LogP contribution in [-0.4, -0.2) is 34.8 Å². The van der Waals surface area contributed by atoms with Crippen molar-refractivity contribution in [3.63, 3.8) is 0 Å². The summed E-state index contributed by atoms with van der Waals surface area (Å²) in [6.07, 6.45) is -0.304. The molecule has 0 spiro atoms. The number of non-ortho nitro benzene ring substituents is 1. The van der Waals surface area contributed by atoms with E-state index in [0.717, 1.165) is 13.2 Å². The van der Waals surface area contributed by atoms with Crippen LogP contribution >= 0.6 is 0 Å². The Kier molecular flexibility index (Phi) is 5.67. The molecule has 0 aliphatic heterocycles. The Morgan fingerprint density at radius 2 is 1.91 bits per heavy atom. The molecule has 22 heavy (non-hydrogen) atoms.